The Balaban J connectivity index is 3.56. The molecule has 0 fully saturated rings. The van der Waals surface area contributed by atoms with E-state index in [1.165, 1.54) is 0 Å². The third kappa shape index (κ3) is 2.83. The van der Waals surface area contributed by atoms with Crippen LogP contribution in [-0.2, 0) is 0 Å². The first-order valence-electron chi connectivity index (χ1n) is 1.42. The van der Waals surface area contributed by atoms with Crippen LogP contribution in [0.25, 0.3) is 0 Å². The zero-order valence-corrected chi connectivity index (χ0v) is 4.68. The summed E-state index contributed by atoms with van der Waals surface area (Å²) in [6, 6.07) is 0. The van der Waals surface area contributed by atoms with Gasteiger partial charge in [0.1, 0.15) is 0 Å². The summed E-state index contributed by atoms with van der Waals surface area (Å²) in [5.74, 6) is -1.16. The molecule has 0 aliphatic carbocycles. The molecule has 0 N–H and O–H groups in total. The number of halogens is 4. The number of rotatable bonds is 1. The predicted octanol–water partition coefficient (Wildman–Crippen LogP) is 2.57. The van der Waals surface area contributed by atoms with Crippen molar-refractivity contribution in [1.29, 1.82) is 0 Å². The minimum Gasteiger partial charge on any atom is -0.222 e. The van der Waals surface area contributed by atoms with Crippen molar-refractivity contribution in [3.05, 3.63) is 11.4 Å². The van der Waals surface area contributed by atoms with E-state index in [2.05, 4.69) is 23.2 Å². The van der Waals surface area contributed by atoms with Gasteiger partial charge in [-0.2, -0.15) is 0 Å². The van der Waals surface area contributed by atoms with Crippen LogP contribution in [0.2, 0.25) is 0 Å². The molecule has 0 rings (SSSR count). The van der Waals surface area contributed by atoms with E-state index >= 15 is 0 Å². The van der Waals surface area contributed by atoms with Gasteiger partial charge in [-0.15, -0.1) is 0 Å². The van der Waals surface area contributed by atoms with Crippen molar-refractivity contribution < 1.29 is 8.78 Å². The highest BCUT2D eigenvalue weighted by atomic mass is 35.5. The molecule has 0 bridgehead atoms. The molecule has 0 aromatic carbocycles. The summed E-state index contributed by atoms with van der Waals surface area (Å²) in [6.45, 7) is 0. The Morgan fingerprint density at radius 2 is 2.14 bits per heavy atom. The summed E-state index contributed by atoms with van der Waals surface area (Å²) in [6.07, 6.45) is 0. The predicted molar refractivity (Wildman–Crippen MR) is 25.8 cm³/mol. The molecule has 1 atom stereocenters. The van der Waals surface area contributed by atoms with Crippen molar-refractivity contribution in [2.45, 2.75) is 5.63 Å². The monoisotopic (exact) mass is 146 g/mol. The molecular weight excluding hydrogens is 145 g/mol. The zero-order chi connectivity index (χ0) is 5.86. The molecule has 0 saturated carbocycles. The van der Waals surface area contributed by atoms with Crippen molar-refractivity contribution in [2.75, 3.05) is 0 Å². The fourth-order valence-electron chi connectivity index (χ4n) is 0.0476. The van der Waals surface area contributed by atoms with Gasteiger partial charge in [-0.05, 0) is 0 Å². The molecule has 7 heavy (non-hydrogen) atoms. The Morgan fingerprint density at radius 3 is 2.14 bits per heavy atom. The van der Waals surface area contributed by atoms with Crippen LogP contribution < -0.4 is 0 Å². The standard InChI is InChI=1S/C3H2Cl2F2/c4-1-2(6)3(5)7/h1,3H/b2-1+. The lowest BCUT2D eigenvalue weighted by atomic mass is 10.7. The summed E-state index contributed by atoms with van der Waals surface area (Å²) >= 11 is 9.22. The summed E-state index contributed by atoms with van der Waals surface area (Å²) in [7, 11) is 0. The van der Waals surface area contributed by atoms with Gasteiger partial charge >= 0.3 is 0 Å². The Bertz CT molecular complexity index is 79.0. The normalized spacial score (nSPS) is 16.9. The first-order valence-corrected chi connectivity index (χ1v) is 2.29. The van der Waals surface area contributed by atoms with E-state index in [4.69, 9.17) is 0 Å². The average Bonchev–Trinajstić information content (AvgIpc) is 1.65. The maximum Gasteiger partial charge on any atom is 0.225 e. The molecule has 0 aliphatic rings. The Labute approximate surface area is 49.7 Å². The maximum absolute atomic E-state index is 11.5. The second-order valence-corrected chi connectivity index (χ2v) is 1.40. The van der Waals surface area contributed by atoms with Gasteiger partial charge in [-0.25, -0.2) is 8.78 Å². The van der Waals surface area contributed by atoms with Crippen molar-refractivity contribution in [3.8, 4) is 0 Å². The average molecular weight is 147 g/mol. The molecule has 0 amide bonds. The topological polar surface area (TPSA) is 0 Å². The van der Waals surface area contributed by atoms with Crippen LogP contribution in [0.3, 0.4) is 0 Å². The SMILES string of the molecule is F/C(=C/Cl)C(F)Cl. The number of hydrogen-bond donors (Lipinski definition) is 0. The Morgan fingerprint density at radius 1 is 1.71 bits per heavy atom. The van der Waals surface area contributed by atoms with Crippen LogP contribution in [-0.4, -0.2) is 5.63 Å². The van der Waals surface area contributed by atoms with E-state index < -0.39 is 11.5 Å². The fraction of sp³-hybridized carbons (Fsp3) is 0.333. The van der Waals surface area contributed by atoms with Gasteiger partial charge in [0.2, 0.25) is 5.63 Å². The quantitative estimate of drug-likeness (QED) is 0.500. The third-order valence-electron chi connectivity index (χ3n) is 0.313. The molecule has 0 spiro atoms. The molecule has 0 aromatic heterocycles. The smallest absolute Gasteiger partial charge is 0.222 e. The van der Waals surface area contributed by atoms with Crippen molar-refractivity contribution in [3.63, 3.8) is 0 Å². The molecule has 0 saturated heterocycles. The summed E-state index contributed by atoms with van der Waals surface area (Å²) < 4.78 is 22.8. The van der Waals surface area contributed by atoms with Gasteiger partial charge in [0.25, 0.3) is 0 Å². The summed E-state index contributed by atoms with van der Waals surface area (Å²) in [4.78, 5) is 0. The number of hydrogen-bond acceptors (Lipinski definition) is 0. The van der Waals surface area contributed by atoms with Crippen LogP contribution in [0.4, 0.5) is 8.78 Å². The largest absolute Gasteiger partial charge is 0.225 e. The van der Waals surface area contributed by atoms with Crippen LogP contribution in [0.15, 0.2) is 11.4 Å². The van der Waals surface area contributed by atoms with Gasteiger partial charge in [0.05, 0.1) is 0 Å². The van der Waals surface area contributed by atoms with E-state index in [1.807, 2.05) is 0 Å². The highest BCUT2D eigenvalue weighted by Crippen LogP contribution is 2.12. The van der Waals surface area contributed by atoms with Crippen molar-refractivity contribution >= 4 is 23.2 Å². The summed E-state index contributed by atoms with van der Waals surface area (Å²) in [5.41, 5.74) is -1.64. The van der Waals surface area contributed by atoms with Crippen LogP contribution >= 0.6 is 23.2 Å². The lowest BCUT2D eigenvalue weighted by molar-refractivity contribution is 0.419. The molecule has 0 aromatic rings. The lowest BCUT2D eigenvalue weighted by Crippen LogP contribution is -1.84. The highest BCUT2D eigenvalue weighted by molar-refractivity contribution is 6.27. The van der Waals surface area contributed by atoms with Gasteiger partial charge in [-0.1, -0.05) is 23.2 Å². The molecule has 0 radical (unpaired) electrons. The van der Waals surface area contributed by atoms with Gasteiger partial charge in [-0.3, -0.25) is 0 Å². The maximum atomic E-state index is 11.5. The van der Waals surface area contributed by atoms with Gasteiger partial charge in [0.15, 0.2) is 5.83 Å². The Kier molecular flexibility index (Phi) is 3.30. The molecular formula is C3H2Cl2F2. The van der Waals surface area contributed by atoms with Crippen LogP contribution in [0, 0.1) is 0 Å². The first-order chi connectivity index (χ1) is 3.18. The van der Waals surface area contributed by atoms with Crippen molar-refractivity contribution in [2.24, 2.45) is 0 Å². The highest BCUT2D eigenvalue weighted by Gasteiger charge is 2.04. The molecule has 0 heterocycles. The molecule has 4 heteroatoms. The first kappa shape index (κ1) is 7.18. The van der Waals surface area contributed by atoms with E-state index in [1.54, 1.807) is 0 Å². The van der Waals surface area contributed by atoms with E-state index in [0.29, 0.717) is 5.54 Å². The van der Waals surface area contributed by atoms with Gasteiger partial charge in [0, 0.05) is 5.54 Å². The van der Waals surface area contributed by atoms with Crippen LogP contribution in [0.5, 0.6) is 0 Å². The lowest BCUT2D eigenvalue weighted by Gasteiger charge is -1.87. The number of allylic oxidation sites excluding steroid dienone is 1. The number of alkyl halides is 2. The Hall–Kier alpha value is 0.180. The zero-order valence-electron chi connectivity index (χ0n) is 3.17. The minimum absolute atomic E-state index is 0.456. The molecule has 1 unspecified atom stereocenters. The summed E-state index contributed by atoms with van der Waals surface area (Å²) in [5, 5.41) is 0. The van der Waals surface area contributed by atoms with Gasteiger partial charge < -0.3 is 0 Å². The molecule has 42 valence electrons. The second kappa shape index (κ2) is 3.22. The van der Waals surface area contributed by atoms with Crippen molar-refractivity contribution in [1.82, 2.24) is 0 Å². The van der Waals surface area contributed by atoms with E-state index in [-0.39, 0.29) is 0 Å². The fourth-order valence-corrected chi connectivity index (χ4v) is 0.286. The van der Waals surface area contributed by atoms with Crippen LogP contribution in [0.1, 0.15) is 0 Å². The third-order valence-corrected chi connectivity index (χ3v) is 0.730. The minimum atomic E-state index is -2.10. The van der Waals surface area contributed by atoms with E-state index in [0.717, 1.165) is 0 Å². The second-order valence-electron chi connectivity index (χ2n) is 0.795. The molecule has 0 aliphatic heterocycles. The molecule has 0 nitrogen and oxygen atoms in total. The van der Waals surface area contributed by atoms with E-state index in [9.17, 15) is 8.78 Å².